The number of aromatic nitrogens is 2. The van der Waals surface area contributed by atoms with Crippen LogP contribution in [-0.2, 0) is 11.2 Å². The van der Waals surface area contributed by atoms with E-state index >= 15 is 0 Å². The second-order valence-corrected chi connectivity index (χ2v) is 5.83. The van der Waals surface area contributed by atoms with Crippen molar-refractivity contribution in [3.8, 4) is 0 Å². The zero-order chi connectivity index (χ0) is 14.7. The Hall–Kier alpha value is -1.65. The van der Waals surface area contributed by atoms with Crippen molar-refractivity contribution in [3.05, 3.63) is 27.4 Å². The minimum atomic E-state index is -0.207. The van der Waals surface area contributed by atoms with Crippen LogP contribution in [0.3, 0.4) is 0 Å². The lowest BCUT2D eigenvalue weighted by Gasteiger charge is -2.29. The lowest BCUT2D eigenvalue weighted by Crippen LogP contribution is -2.42. The van der Waals surface area contributed by atoms with Gasteiger partial charge in [0, 0.05) is 17.3 Å². The summed E-state index contributed by atoms with van der Waals surface area (Å²) in [4.78, 5) is 30.9. The fourth-order valence-corrected chi connectivity index (χ4v) is 2.91. The molecule has 1 aliphatic carbocycles. The zero-order valence-electron chi connectivity index (χ0n) is 12.5. The lowest BCUT2D eigenvalue weighted by molar-refractivity contribution is -0.121. The zero-order valence-corrected chi connectivity index (χ0v) is 12.5. The number of aromatic amines is 1. The van der Waals surface area contributed by atoms with Crippen LogP contribution in [-0.4, -0.2) is 21.9 Å². The molecule has 20 heavy (non-hydrogen) atoms. The number of rotatable bonds is 3. The third-order valence-corrected chi connectivity index (χ3v) is 4.14. The number of nitrogens with zero attached hydrogens (tertiary/aromatic N) is 1. The van der Waals surface area contributed by atoms with Gasteiger partial charge in [-0.3, -0.25) is 9.59 Å². The SMILES string of the molecule is Cc1nc(C)c(CC(=O)N[C@H]2CCCC[C@@H]2C)c(=O)[nH]1. The van der Waals surface area contributed by atoms with E-state index in [0.717, 1.165) is 12.8 Å². The first-order chi connectivity index (χ1) is 9.47. The molecule has 2 atom stereocenters. The molecule has 1 fully saturated rings. The highest BCUT2D eigenvalue weighted by molar-refractivity contribution is 5.79. The van der Waals surface area contributed by atoms with Crippen LogP contribution in [0.5, 0.6) is 0 Å². The number of hydrogen-bond acceptors (Lipinski definition) is 3. The molecular formula is C15H23N3O2. The smallest absolute Gasteiger partial charge is 0.254 e. The summed E-state index contributed by atoms with van der Waals surface area (Å²) in [6, 6.07) is 0.244. The van der Waals surface area contributed by atoms with Crippen molar-refractivity contribution in [2.75, 3.05) is 0 Å². The van der Waals surface area contributed by atoms with Gasteiger partial charge >= 0.3 is 0 Å². The van der Waals surface area contributed by atoms with Gasteiger partial charge in [-0.05, 0) is 32.6 Å². The Morgan fingerprint density at radius 1 is 1.35 bits per heavy atom. The molecule has 0 radical (unpaired) electrons. The van der Waals surface area contributed by atoms with Gasteiger partial charge in [0.15, 0.2) is 0 Å². The largest absolute Gasteiger partial charge is 0.353 e. The molecule has 0 saturated heterocycles. The topological polar surface area (TPSA) is 74.8 Å². The Morgan fingerprint density at radius 2 is 2.05 bits per heavy atom. The molecule has 1 aliphatic rings. The Labute approximate surface area is 119 Å². The van der Waals surface area contributed by atoms with Gasteiger partial charge < -0.3 is 10.3 Å². The van der Waals surface area contributed by atoms with E-state index in [2.05, 4.69) is 22.2 Å². The van der Waals surface area contributed by atoms with Crippen LogP contribution < -0.4 is 10.9 Å². The Bertz CT molecular complexity index is 551. The average Bonchev–Trinajstić information content (AvgIpc) is 2.36. The fourth-order valence-electron chi connectivity index (χ4n) is 2.91. The summed E-state index contributed by atoms with van der Waals surface area (Å²) in [7, 11) is 0. The lowest BCUT2D eigenvalue weighted by atomic mass is 9.86. The van der Waals surface area contributed by atoms with Crippen LogP contribution in [0.1, 0.15) is 49.7 Å². The monoisotopic (exact) mass is 277 g/mol. The van der Waals surface area contributed by atoms with Crippen molar-refractivity contribution in [2.24, 2.45) is 5.92 Å². The molecule has 0 aliphatic heterocycles. The van der Waals surface area contributed by atoms with E-state index < -0.39 is 0 Å². The van der Waals surface area contributed by atoms with E-state index in [4.69, 9.17) is 0 Å². The van der Waals surface area contributed by atoms with Crippen molar-refractivity contribution >= 4 is 5.91 Å². The van der Waals surface area contributed by atoms with Gasteiger partial charge in [-0.1, -0.05) is 19.8 Å². The van der Waals surface area contributed by atoms with E-state index in [0.29, 0.717) is 23.0 Å². The molecule has 1 amide bonds. The predicted molar refractivity (Wildman–Crippen MR) is 77.6 cm³/mol. The molecule has 1 aromatic rings. The number of aryl methyl sites for hydroxylation is 2. The molecule has 5 heteroatoms. The van der Waals surface area contributed by atoms with Crippen molar-refractivity contribution < 1.29 is 4.79 Å². The van der Waals surface area contributed by atoms with E-state index in [-0.39, 0.29) is 23.9 Å². The van der Waals surface area contributed by atoms with Gasteiger partial charge in [0.25, 0.3) is 5.56 Å². The second-order valence-electron chi connectivity index (χ2n) is 5.83. The van der Waals surface area contributed by atoms with Crippen molar-refractivity contribution in [1.29, 1.82) is 0 Å². The van der Waals surface area contributed by atoms with Gasteiger partial charge in [0.05, 0.1) is 6.42 Å². The predicted octanol–water partition coefficient (Wildman–Crippen LogP) is 1.62. The number of amides is 1. The molecule has 0 spiro atoms. The molecule has 5 nitrogen and oxygen atoms in total. The number of H-pyrrole nitrogens is 1. The summed E-state index contributed by atoms with van der Waals surface area (Å²) >= 11 is 0. The highest BCUT2D eigenvalue weighted by atomic mass is 16.2. The molecule has 1 heterocycles. The van der Waals surface area contributed by atoms with Gasteiger partial charge in [-0.15, -0.1) is 0 Å². The average molecular weight is 277 g/mol. The quantitative estimate of drug-likeness (QED) is 0.881. The van der Waals surface area contributed by atoms with Crippen LogP contribution in [0.15, 0.2) is 4.79 Å². The molecule has 0 bridgehead atoms. The first-order valence-corrected chi connectivity index (χ1v) is 7.33. The van der Waals surface area contributed by atoms with E-state index in [1.165, 1.54) is 12.8 Å². The molecule has 110 valence electrons. The van der Waals surface area contributed by atoms with Crippen LogP contribution in [0.4, 0.5) is 0 Å². The minimum Gasteiger partial charge on any atom is -0.353 e. The van der Waals surface area contributed by atoms with Gasteiger partial charge in [-0.25, -0.2) is 4.98 Å². The van der Waals surface area contributed by atoms with E-state index in [9.17, 15) is 9.59 Å². The summed E-state index contributed by atoms with van der Waals surface area (Å²) < 4.78 is 0. The fraction of sp³-hybridized carbons (Fsp3) is 0.667. The van der Waals surface area contributed by atoms with Crippen molar-refractivity contribution in [2.45, 2.75) is 58.9 Å². The third-order valence-electron chi connectivity index (χ3n) is 4.14. The molecular weight excluding hydrogens is 254 g/mol. The highest BCUT2D eigenvalue weighted by Gasteiger charge is 2.23. The van der Waals surface area contributed by atoms with Crippen LogP contribution >= 0.6 is 0 Å². The highest BCUT2D eigenvalue weighted by Crippen LogP contribution is 2.23. The van der Waals surface area contributed by atoms with Gasteiger partial charge in [-0.2, -0.15) is 0 Å². The van der Waals surface area contributed by atoms with Crippen molar-refractivity contribution in [1.82, 2.24) is 15.3 Å². The standard InChI is InChI=1S/C15H23N3O2/c1-9-6-4-5-7-13(9)18-14(19)8-12-10(2)16-11(3)17-15(12)20/h9,13H,4-8H2,1-3H3,(H,18,19)(H,16,17,20)/t9-,13-/m0/s1. The van der Waals surface area contributed by atoms with E-state index in [1.54, 1.807) is 13.8 Å². The van der Waals surface area contributed by atoms with Crippen molar-refractivity contribution in [3.63, 3.8) is 0 Å². The van der Waals surface area contributed by atoms with Gasteiger partial charge in [0.2, 0.25) is 5.91 Å². The summed E-state index contributed by atoms with van der Waals surface area (Å²) in [6.07, 6.45) is 4.72. The van der Waals surface area contributed by atoms with Crippen LogP contribution in [0.25, 0.3) is 0 Å². The summed E-state index contributed by atoms with van der Waals surface area (Å²) in [5.74, 6) is 1.02. The maximum Gasteiger partial charge on any atom is 0.254 e. The summed E-state index contributed by atoms with van der Waals surface area (Å²) in [5, 5.41) is 3.07. The molecule has 2 rings (SSSR count). The number of carbonyl (C=O) groups is 1. The molecule has 0 unspecified atom stereocenters. The Balaban J connectivity index is 2.03. The normalized spacial score (nSPS) is 22.6. The molecule has 1 saturated carbocycles. The summed E-state index contributed by atoms with van der Waals surface area (Å²) in [6.45, 7) is 5.69. The van der Waals surface area contributed by atoms with Crippen LogP contribution in [0.2, 0.25) is 0 Å². The minimum absolute atomic E-state index is 0.0806. The maximum absolute atomic E-state index is 12.1. The summed E-state index contributed by atoms with van der Waals surface area (Å²) in [5.41, 5.74) is 0.900. The Kier molecular flexibility index (Phi) is 4.57. The maximum atomic E-state index is 12.1. The van der Waals surface area contributed by atoms with Crippen LogP contribution in [0, 0.1) is 19.8 Å². The van der Waals surface area contributed by atoms with Gasteiger partial charge in [0.1, 0.15) is 5.82 Å². The number of nitrogens with one attached hydrogen (secondary N) is 2. The van der Waals surface area contributed by atoms with E-state index in [1.807, 2.05) is 0 Å². The Morgan fingerprint density at radius 3 is 2.70 bits per heavy atom. The molecule has 1 aromatic heterocycles. The first kappa shape index (κ1) is 14.8. The second kappa shape index (κ2) is 6.20. The molecule has 2 N–H and O–H groups in total. The third kappa shape index (κ3) is 3.46. The number of carbonyl (C=O) groups excluding carboxylic acids is 1. The number of hydrogen-bond donors (Lipinski definition) is 2. The first-order valence-electron chi connectivity index (χ1n) is 7.33. The molecule has 0 aromatic carbocycles.